The van der Waals surface area contributed by atoms with E-state index in [0.29, 0.717) is 30.2 Å². The van der Waals surface area contributed by atoms with E-state index in [1.807, 2.05) is 6.07 Å². The van der Waals surface area contributed by atoms with Crippen molar-refractivity contribution in [3.05, 3.63) is 59.2 Å². The first-order chi connectivity index (χ1) is 17.7. The maximum Gasteiger partial charge on any atom is 0.238 e. The van der Waals surface area contributed by atoms with Gasteiger partial charge in [-0.3, -0.25) is 4.79 Å². The summed E-state index contributed by atoms with van der Waals surface area (Å²) in [7, 11) is -3.76. The summed E-state index contributed by atoms with van der Waals surface area (Å²) in [6.07, 6.45) is 6.96. The van der Waals surface area contributed by atoms with Crippen molar-refractivity contribution in [1.29, 1.82) is 0 Å². The molecule has 1 aliphatic carbocycles. The average molecular weight is 541 g/mol. The van der Waals surface area contributed by atoms with Crippen molar-refractivity contribution in [2.24, 2.45) is 11.1 Å². The molecule has 0 radical (unpaired) electrons. The molecule has 38 heavy (non-hydrogen) atoms. The van der Waals surface area contributed by atoms with Crippen molar-refractivity contribution in [1.82, 2.24) is 0 Å². The molecule has 0 saturated carbocycles. The molecule has 0 bridgehead atoms. The predicted octanol–water partition coefficient (Wildman–Crippen LogP) is 6.13. The second-order valence-corrected chi connectivity index (χ2v) is 13.6. The van der Waals surface area contributed by atoms with Crippen molar-refractivity contribution in [2.45, 2.75) is 95.0 Å². The smallest absolute Gasteiger partial charge is 0.238 e. The third-order valence-electron chi connectivity index (χ3n) is 8.21. The van der Waals surface area contributed by atoms with Gasteiger partial charge in [0, 0.05) is 29.5 Å². The molecule has 0 spiro atoms. The summed E-state index contributed by atoms with van der Waals surface area (Å²) < 4.78 is 29.3. The number of phenols is 1. The van der Waals surface area contributed by atoms with E-state index in [1.165, 1.54) is 29.8 Å². The molecular formula is C30H40N2O5S. The number of nitrogens with two attached hydrogens (primary N) is 1. The molecule has 8 heteroatoms. The first-order valence-electron chi connectivity index (χ1n) is 13.3. The number of amides is 1. The molecule has 0 aromatic heterocycles. The van der Waals surface area contributed by atoms with Crippen molar-refractivity contribution in [3.8, 4) is 11.5 Å². The van der Waals surface area contributed by atoms with E-state index in [-0.39, 0.29) is 27.7 Å². The van der Waals surface area contributed by atoms with Crippen molar-refractivity contribution < 1.29 is 23.1 Å². The predicted molar refractivity (Wildman–Crippen MR) is 150 cm³/mol. The number of unbranched alkanes of at least 4 members (excludes halogenated alkanes) is 1. The average Bonchev–Trinajstić information content (AvgIpc) is 2.80. The van der Waals surface area contributed by atoms with E-state index < -0.39 is 10.0 Å². The van der Waals surface area contributed by atoms with Crippen LogP contribution in [0.2, 0.25) is 0 Å². The fourth-order valence-electron chi connectivity index (χ4n) is 5.90. The Morgan fingerprint density at radius 2 is 1.87 bits per heavy atom. The summed E-state index contributed by atoms with van der Waals surface area (Å²) in [5.74, 6) is 1.58. The first kappa shape index (κ1) is 28.2. The summed E-state index contributed by atoms with van der Waals surface area (Å²) in [6, 6.07) is 9.82. The zero-order valence-electron chi connectivity index (χ0n) is 23.0. The third-order valence-corrected chi connectivity index (χ3v) is 9.14. The molecule has 1 heterocycles. The molecule has 0 fully saturated rings. The van der Waals surface area contributed by atoms with Crippen molar-refractivity contribution >= 4 is 21.6 Å². The highest BCUT2D eigenvalue weighted by molar-refractivity contribution is 7.89. The Balaban J connectivity index is 1.37. The Morgan fingerprint density at radius 3 is 2.53 bits per heavy atom. The van der Waals surface area contributed by atoms with Gasteiger partial charge >= 0.3 is 0 Å². The highest BCUT2D eigenvalue weighted by Gasteiger charge is 2.46. The van der Waals surface area contributed by atoms with Crippen LogP contribution in [0.25, 0.3) is 0 Å². The lowest BCUT2D eigenvalue weighted by molar-refractivity contribution is -0.116. The van der Waals surface area contributed by atoms with Crippen molar-refractivity contribution in [3.63, 3.8) is 0 Å². The molecule has 2 aromatic carbocycles. The molecule has 4 N–H and O–H groups in total. The van der Waals surface area contributed by atoms with E-state index in [2.05, 4.69) is 52.1 Å². The molecule has 0 saturated heterocycles. The fraction of sp³-hybridized carbons (Fsp3) is 0.500. The molecule has 4 rings (SSSR count). The van der Waals surface area contributed by atoms with Crippen LogP contribution in [-0.2, 0) is 20.2 Å². The Hall–Kier alpha value is -2.84. The molecule has 7 nitrogen and oxygen atoms in total. The number of fused-ring (bicyclic) bond motifs is 3. The Labute approximate surface area is 226 Å². The van der Waals surface area contributed by atoms with Gasteiger partial charge in [0.05, 0.1) is 4.90 Å². The minimum Gasteiger partial charge on any atom is -0.508 e. The number of anilines is 1. The minimum absolute atomic E-state index is 0.00502. The van der Waals surface area contributed by atoms with Gasteiger partial charge in [-0.1, -0.05) is 31.9 Å². The highest BCUT2D eigenvalue weighted by Crippen LogP contribution is 2.55. The van der Waals surface area contributed by atoms with Crippen molar-refractivity contribution in [2.75, 3.05) is 5.32 Å². The number of hydrogen-bond donors (Lipinski definition) is 3. The normalized spacial score (nSPS) is 20.5. The second-order valence-electron chi connectivity index (χ2n) is 12.0. The van der Waals surface area contributed by atoms with Gasteiger partial charge in [0.25, 0.3) is 0 Å². The number of hydrogen-bond acceptors (Lipinski definition) is 5. The number of aromatic hydroxyl groups is 1. The monoisotopic (exact) mass is 540 g/mol. The zero-order chi connectivity index (χ0) is 27.9. The molecule has 206 valence electrons. The highest BCUT2D eigenvalue weighted by atomic mass is 32.2. The van der Waals surface area contributed by atoms with Crippen LogP contribution in [0.3, 0.4) is 0 Å². The minimum atomic E-state index is -3.76. The van der Waals surface area contributed by atoms with Gasteiger partial charge < -0.3 is 15.2 Å². The van der Waals surface area contributed by atoms with Crippen LogP contribution in [0.5, 0.6) is 11.5 Å². The Morgan fingerprint density at radius 1 is 1.18 bits per heavy atom. The number of ether oxygens (including phenoxy) is 1. The number of phenolic OH excluding ortho intramolecular Hbond substituents is 1. The molecule has 2 unspecified atom stereocenters. The molecule has 2 aromatic rings. The van der Waals surface area contributed by atoms with Gasteiger partial charge in [0.1, 0.15) is 17.1 Å². The number of carbonyl (C=O) groups excluding carboxylic acids is 1. The molecular weight excluding hydrogens is 500 g/mol. The lowest BCUT2D eigenvalue weighted by Gasteiger charge is -2.47. The van der Waals surface area contributed by atoms with Gasteiger partial charge in [-0.15, -0.1) is 0 Å². The van der Waals surface area contributed by atoms with Crippen LogP contribution < -0.4 is 15.2 Å². The van der Waals surface area contributed by atoms with Crippen LogP contribution >= 0.6 is 0 Å². The van der Waals surface area contributed by atoms with Gasteiger partial charge in [0.2, 0.25) is 15.9 Å². The first-order valence-corrected chi connectivity index (χ1v) is 14.9. The van der Waals surface area contributed by atoms with Gasteiger partial charge in [-0.2, -0.15) is 0 Å². The summed E-state index contributed by atoms with van der Waals surface area (Å²) in [4.78, 5) is 12.4. The lowest BCUT2D eigenvalue weighted by atomic mass is 9.66. The summed E-state index contributed by atoms with van der Waals surface area (Å²) in [5.41, 5.74) is 3.35. The summed E-state index contributed by atoms with van der Waals surface area (Å²) in [5, 5.41) is 19.1. The number of carbonyl (C=O) groups is 1. The number of rotatable bonds is 8. The third kappa shape index (κ3) is 6.07. The topological polar surface area (TPSA) is 119 Å². The number of sulfonamides is 1. The number of nitrogens with one attached hydrogen (secondary N) is 1. The van der Waals surface area contributed by atoms with Crippen LogP contribution in [0, 0.1) is 5.92 Å². The Bertz CT molecular complexity index is 1340. The van der Waals surface area contributed by atoms with E-state index in [0.717, 1.165) is 42.6 Å². The molecule has 2 atom stereocenters. The lowest BCUT2D eigenvalue weighted by Crippen LogP contribution is -2.45. The molecule has 2 aliphatic rings. The number of allylic oxidation sites excluding steroid dienone is 2. The summed E-state index contributed by atoms with van der Waals surface area (Å²) >= 11 is 0. The number of benzene rings is 2. The number of primary sulfonamides is 1. The fourth-order valence-corrected chi connectivity index (χ4v) is 6.42. The maximum atomic E-state index is 12.4. The van der Waals surface area contributed by atoms with Gasteiger partial charge in [0.15, 0.2) is 0 Å². The maximum absolute atomic E-state index is 12.4. The van der Waals surface area contributed by atoms with E-state index in [4.69, 9.17) is 9.88 Å². The molecule has 1 amide bonds. The van der Waals surface area contributed by atoms with Gasteiger partial charge in [-0.25, -0.2) is 13.6 Å². The van der Waals surface area contributed by atoms with Crippen LogP contribution in [-0.4, -0.2) is 25.0 Å². The van der Waals surface area contributed by atoms with E-state index >= 15 is 0 Å². The quantitative estimate of drug-likeness (QED) is 0.275. The van der Waals surface area contributed by atoms with Crippen LogP contribution in [0.1, 0.15) is 90.2 Å². The second kappa shape index (κ2) is 10.4. The van der Waals surface area contributed by atoms with Crippen LogP contribution in [0.4, 0.5) is 5.69 Å². The standard InChI is InChI=1S/C30H40N2O5S/c1-19-9-14-24-23(16-19)28-25(33)17-20(18-26(28)37-30(24,4)5)29(2,3)15-7-6-8-27(34)32-21-10-12-22(13-11-21)38(31,35)36/h9-13,17-18,23-24,33H,6-8,14-16H2,1-5H3,(H,32,34)(H2,31,35,36). The SMILES string of the molecule is CC1=CCC2C(C1)c1c(O)cc(C(C)(C)CCCCC(=O)Nc3ccc(S(N)(=O)=O)cc3)cc1OC2(C)C. The van der Waals surface area contributed by atoms with E-state index in [1.54, 1.807) is 0 Å². The van der Waals surface area contributed by atoms with Gasteiger partial charge in [-0.05, 0) is 93.8 Å². The van der Waals surface area contributed by atoms with E-state index in [9.17, 15) is 18.3 Å². The largest absolute Gasteiger partial charge is 0.508 e. The zero-order valence-corrected chi connectivity index (χ0v) is 23.8. The summed E-state index contributed by atoms with van der Waals surface area (Å²) in [6.45, 7) is 10.8. The van der Waals surface area contributed by atoms with Crippen LogP contribution in [0.15, 0.2) is 52.9 Å². The molecule has 1 aliphatic heterocycles. The Kier molecular flexibility index (Phi) is 7.70.